The Bertz CT molecular complexity index is 1760. The lowest BCUT2D eigenvalue weighted by Gasteiger charge is -2.21. The molecule has 1 aromatic rings. The Kier molecular flexibility index (Phi) is 29.1. The summed E-state index contributed by atoms with van der Waals surface area (Å²) in [6.07, 6.45) is 20.0. The SMILES string of the molecule is CC/C=C/C/C=C/C=C/C(O)CCCCCCCC(=O)OC[C@H](COP(=O)(O)OP(=O)(O)OC[C@H]1O[C@@H](n2ccc(N)nc2=O)[C@H](O)[C@@H]1O)OC(=O)CCCCCCCCCCC(C)C. The summed E-state index contributed by atoms with van der Waals surface area (Å²) in [6, 6.07) is 1.24. The lowest BCUT2D eigenvalue weighted by Crippen LogP contribution is -2.36. The molecule has 21 heteroatoms. The number of allylic oxidation sites excluding steroid dienone is 5. The molecule has 0 aliphatic carbocycles. The van der Waals surface area contributed by atoms with Gasteiger partial charge in [-0.15, -0.1) is 0 Å². The predicted molar refractivity (Wildman–Crippen MR) is 244 cm³/mol. The van der Waals surface area contributed by atoms with Gasteiger partial charge in [0.2, 0.25) is 0 Å². The van der Waals surface area contributed by atoms with Crippen molar-refractivity contribution in [1.82, 2.24) is 9.55 Å². The van der Waals surface area contributed by atoms with Crippen LogP contribution in [-0.2, 0) is 46.3 Å². The minimum absolute atomic E-state index is 0.0290. The van der Waals surface area contributed by atoms with Crippen LogP contribution in [0.2, 0.25) is 0 Å². The van der Waals surface area contributed by atoms with Crippen LogP contribution in [0.1, 0.15) is 149 Å². The normalized spacial score (nSPS) is 20.7. The van der Waals surface area contributed by atoms with E-state index in [4.69, 9.17) is 29.0 Å². The third-order valence-electron chi connectivity index (χ3n) is 10.3. The van der Waals surface area contributed by atoms with Gasteiger partial charge < -0.3 is 45.1 Å². The number of ether oxygens (including phenoxy) is 3. The molecule has 19 nitrogen and oxygen atoms in total. The van der Waals surface area contributed by atoms with Crippen molar-refractivity contribution in [1.29, 1.82) is 0 Å². The monoisotopic (exact) mass is 963 g/mol. The molecule has 1 aliphatic rings. The first-order valence-electron chi connectivity index (χ1n) is 23.0. The Balaban J connectivity index is 1.85. The first-order valence-corrected chi connectivity index (χ1v) is 26.0. The number of aromatic nitrogens is 2. The number of nitrogen functional groups attached to an aromatic ring is 1. The molecule has 1 aliphatic heterocycles. The zero-order valence-corrected chi connectivity index (χ0v) is 40.1. The third-order valence-corrected chi connectivity index (χ3v) is 12.9. The van der Waals surface area contributed by atoms with Crippen molar-refractivity contribution < 1.29 is 71.4 Å². The molecule has 0 spiro atoms. The number of aliphatic hydroxyl groups is 3. The molecule has 1 aromatic heterocycles. The van der Waals surface area contributed by atoms with E-state index in [-0.39, 0.29) is 18.7 Å². The van der Waals surface area contributed by atoms with Crippen molar-refractivity contribution in [3.63, 3.8) is 0 Å². The molecule has 7 N–H and O–H groups in total. The standard InChI is InChI=1S/C44H75N3O16P2/c1-4-5-6-7-10-15-20-25-35(48)26-21-16-13-18-22-27-39(49)58-31-36(61-40(50)28-23-17-12-9-8-11-14-19-24-34(2)3)32-59-64(54,55)63-65(56,57)60-33-37-41(51)42(52)43(62-37)47-30-29-38(45)46-44(47)53/h5-6,10,15,20,25,29-30,34-37,41-43,48,51-52H,4,7-9,11-14,16-19,21-24,26-28,31-33H2,1-3H3,(H,54,55)(H,56,57)(H2,45,46,53)/b6-5+,15-10+,25-20+/t35?,36-,37-,41-,42-,43-/m1/s1. The van der Waals surface area contributed by atoms with Crippen molar-refractivity contribution >= 4 is 33.4 Å². The van der Waals surface area contributed by atoms with Crippen LogP contribution in [0.4, 0.5) is 5.82 Å². The van der Waals surface area contributed by atoms with E-state index in [0.29, 0.717) is 25.2 Å². The summed E-state index contributed by atoms with van der Waals surface area (Å²) in [5.74, 6) is -0.679. The molecule has 0 amide bonds. The number of nitrogens with zero attached hydrogens (tertiary/aromatic N) is 2. The molecule has 1 fully saturated rings. The molecule has 3 unspecified atom stereocenters. The topological polar surface area (TPSA) is 286 Å². The molecule has 372 valence electrons. The number of unbranched alkanes of at least 4 members (excludes halogenated alkanes) is 11. The zero-order valence-electron chi connectivity index (χ0n) is 38.3. The average Bonchev–Trinajstić information content (AvgIpc) is 3.52. The van der Waals surface area contributed by atoms with Gasteiger partial charge >= 0.3 is 33.3 Å². The Morgan fingerprint density at radius 3 is 2.06 bits per heavy atom. The van der Waals surface area contributed by atoms with E-state index in [1.165, 1.54) is 31.7 Å². The highest BCUT2D eigenvalue weighted by molar-refractivity contribution is 7.61. The van der Waals surface area contributed by atoms with E-state index in [0.717, 1.165) is 75.0 Å². The number of phosphoric ester groups is 2. The largest absolute Gasteiger partial charge is 0.481 e. The molecule has 1 saturated heterocycles. The highest BCUT2D eigenvalue weighted by atomic mass is 31.3. The Labute approximate surface area is 383 Å². The zero-order chi connectivity index (χ0) is 48.1. The average molecular weight is 964 g/mol. The second-order valence-electron chi connectivity index (χ2n) is 16.6. The summed E-state index contributed by atoms with van der Waals surface area (Å²) in [7, 11) is -10.9. The van der Waals surface area contributed by atoms with Gasteiger partial charge in [-0.1, -0.05) is 134 Å². The molecule has 2 rings (SSSR count). The van der Waals surface area contributed by atoms with Crippen LogP contribution < -0.4 is 11.4 Å². The van der Waals surface area contributed by atoms with Gasteiger partial charge in [-0.2, -0.15) is 9.29 Å². The van der Waals surface area contributed by atoms with Crippen molar-refractivity contribution in [3.05, 3.63) is 59.2 Å². The van der Waals surface area contributed by atoms with Gasteiger partial charge in [0, 0.05) is 19.0 Å². The molecule has 0 bridgehead atoms. The smallest absolute Gasteiger partial charge is 0.462 e. The van der Waals surface area contributed by atoms with Crippen molar-refractivity contribution in [2.45, 2.75) is 180 Å². The number of carbonyl (C=O) groups excluding carboxylic acids is 2. The van der Waals surface area contributed by atoms with Gasteiger partial charge in [-0.3, -0.25) is 23.2 Å². The summed E-state index contributed by atoms with van der Waals surface area (Å²) in [6.45, 7) is 4.14. The van der Waals surface area contributed by atoms with Crippen LogP contribution in [0.3, 0.4) is 0 Å². The number of carbonyl (C=O) groups is 2. The van der Waals surface area contributed by atoms with Crippen molar-refractivity contribution in [2.75, 3.05) is 25.6 Å². The summed E-state index contributed by atoms with van der Waals surface area (Å²) in [4.78, 5) is 61.7. The summed E-state index contributed by atoms with van der Waals surface area (Å²) in [5.41, 5.74) is 4.57. The van der Waals surface area contributed by atoms with Crippen LogP contribution >= 0.6 is 15.6 Å². The van der Waals surface area contributed by atoms with Gasteiger partial charge in [-0.25, -0.2) is 13.9 Å². The number of hydrogen-bond donors (Lipinski definition) is 6. The molecule has 0 saturated carbocycles. The fourth-order valence-electron chi connectivity index (χ4n) is 6.68. The van der Waals surface area contributed by atoms with E-state index in [1.807, 2.05) is 18.2 Å². The Morgan fingerprint density at radius 2 is 1.43 bits per heavy atom. The molecule has 8 atom stereocenters. The number of phosphoric acid groups is 2. The van der Waals surface area contributed by atoms with E-state index in [1.54, 1.807) is 6.08 Å². The van der Waals surface area contributed by atoms with Crippen LogP contribution in [0.15, 0.2) is 53.5 Å². The van der Waals surface area contributed by atoms with Gasteiger partial charge in [0.1, 0.15) is 30.7 Å². The number of anilines is 1. The molecule has 0 radical (unpaired) electrons. The summed E-state index contributed by atoms with van der Waals surface area (Å²) < 4.78 is 56.5. The Morgan fingerprint density at radius 1 is 0.831 bits per heavy atom. The van der Waals surface area contributed by atoms with Crippen LogP contribution in [0, 0.1) is 5.92 Å². The lowest BCUT2D eigenvalue weighted by atomic mass is 10.0. The minimum atomic E-state index is -5.44. The lowest BCUT2D eigenvalue weighted by molar-refractivity contribution is -0.161. The molecule has 2 heterocycles. The van der Waals surface area contributed by atoms with Crippen molar-refractivity contribution in [2.24, 2.45) is 5.92 Å². The van der Waals surface area contributed by atoms with Crippen LogP contribution in [0.25, 0.3) is 0 Å². The first-order chi connectivity index (χ1) is 30.9. The number of esters is 2. The van der Waals surface area contributed by atoms with Gasteiger partial charge in [-0.05, 0) is 44.1 Å². The number of rotatable bonds is 36. The highest BCUT2D eigenvalue weighted by Crippen LogP contribution is 2.60. The Hall–Kier alpha value is -3.06. The number of aliphatic hydroxyl groups excluding tert-OH is 3. The molecular weight excluding hydrogens is 888 g/mol. The van der Waals surface area contributed by atoms with Gasteiger partial charge in [0.05, 0.1) is 19.3 Å². The third kappa shape index (κ3) is 26.8. The van der Waals surface area contributed by atoms with Crippen LogP contribution in [-0.4, -0.2) is 96.9 Å². The number of nitrogens with two attached hydrogens (primary N) is 1. The van der Waals surface area contributed by atoms with E-state index >= 15 is 0 Å². The molecular formula is C44H75N3O16P2. The summed E-state index contributed by atoms with van der Waals surface area (Å²) >= 11 is 0. The van der Waals surface area contributed by atoms with Crippen molar-refractivity contribution in [3.8, 4) is 0 Å². The van der Waals surface area contributed by atoms with E-state index < -0.39 is 89.8 Å². The van der Waals surface area contributed by atoms with E-state index in [9.17, 15) is 48.6 Å². The predicted octanol–water partition coefficient (Wildman–Crippen LogP) is 7.27. The van der Waals surface area contributed by atoms with Gasteiger partial charge in [0.25, 0.3) is 0 Å². The fraction of sp³-hybridized carbons (Fsp3) is 0.727. The second-order valence-corrected chi connectivity index (χ2v) is 19.6. The van der Waals surface area contributed by atoms with Gasteiger partial charge in [0.15, 0.2) is 12.3 Å². The highest BCUT2D eigenvalue weighted by Gasteiger charge is 2.46. The summed E-state index contributed by atoms with van der Waals surface area (Å²) in [5, 5.41) is 31.0. The second kappa shape index (κ2) is 32.6. The maximum Gasteiger partial charge on any atom is 0.481 e. The molecule has 0 aromatic carbocycles. The van der Waals surface area contributed by atoms with Crippen LogP contribution in [0.5, 0.6) is 0 Å². The fourth-order valence-corrected chi connectivity index (χ4v) is 8.79. The first kappa shape index (κ1) is 58.1. The molecule has 65 heavy (non-hydrogen) atoms. The maximum absolute atomic E-state index is 12.8. The minimum Gasteiger partial charge on any atom is -0.462 e. The number of hydrogen-bond acceptors (Lipinski definition) is 16. The van der Waals surface area contributed by atoms with E-state index in [2.05, 4.69) is 42.2 Å². The maximum atomic E-state index is 12.8. The quantitative estimate of drug-likeness (QED) is 0.0127.